The minimum Gasteiger partial charge on any atom is -0.480 e. The molecule has 8 heavy (non-hydrogen) atoms. The molecule has 0 rings (SSSR count). The number of nitrogens with two attached hydrogens (primary N) is 1. The second-order valence-electron chi connectivity index (χ2n) is 0.598. The fourth-order valence-corrected chi connectivity index (χ4v) is 0. The number of carbonyl (C=O) groups is 1. The van der Waals surface area contributed by atoms with Crippen molar-refractivity contribution in [1.29, 1.82) is 0 Å². The van der Waals surface area contributed by atoms with Crippen molar-refractivity contribution in [2.75, 3.05) is 6.54 Å². The number of carboxylic acid groups (broad SMARTS) is 1. The largest absolute Gasteiger partial charge is 0.480 e. The summed E-state index contributed by atoms with van der Waals surface area (Å²) in [5.41, 5.74) is 4.57. The van der Waals surface area contributed by atoms with Crippen molar-refractivity contribution >= 4 is 5.97 Å². The van der Waals surface area contributed by atoms with E-state index in [4.69, 9.17) is 5.11 Å². The predicted molar refractivity (Wildman–Crippen MR) is 31.6 cm³/mol. The maximum atomic E-state index is 9.24. The summed E-state index contributed by atoms with van der Waals surface area (Å²) in [4.78, 5) is 9.24. The standard InChI is InChI=1S/C2H5NO2.C2H4.H2O/c3-1-2(4)5;1-2;/h1,3H2,(H,4,5);1-2H2;1H2. The molecule has 4 nitrogen and oxygen atoms in total. The molecular formula is C4H11NO3. The van der Waals surface area contributed by atoms with E-state index < -0.39 is 5.97 Å². The molecule has 0 aliphatic rings. The third-order valence-electron chi connectivity index (χ3n) is 0.175. The zero-order chi connectivity index (χ0) is 6.28. The van der Waals surface area contributed by atoms with Gasteiger partial charge in [0.2, 0.25) is 0 Å². The Balaban J connectivity index is -0.0000000750. The Morgan fingerprint density at radius 1 is 1.62 bits per heavy atom. The summed E-state index contributed by atoms with van der Waals surface area (Å²) in [7, 11) is 0. The molecule has 0 aliphatic heterocycles. The van der Waals surface area contributed by atoms with Gasteiger partial charge in [-0.15, -0.1) is 13.2 Å². The predicted octanol–water partition coefficient (Wildman–Crippen LogP) is -0.993. The third kappa shape index (κ3) is 68.5. The first kappa shape index (κ1) is 15.7. The molecule has 0 fully saturated rings. The lowest BCUT2D eigenvalue weighted by molar-refractivity contribution is -0.135. The van der Waals surface area contributed by atoms with E-state index in [9.17, 15) is 4.79 Å². The van der Waals surface area contributed by atoms with Gasteiger partial charge in [-0.1, -0.05) is 0 Å². The van der Waals surface area contributed by atoms with Crippen LogP contribution in [0.15, 0.2) is 13.2 Å². The summed E-state index contributed by atoms with van der Waals surface area (Å²) in [5.74, 6) is -0.968. The first-order chi connectivity index (χ1) is 3.27. The second-order valence-corrected chi connectivity index (χ2v) is 0.598. The summed E-state index contributed by atoms with van der Waals surface area (Å²) in [6.07, 6.45) is 0. The van der Waals surface area contributed by atoms with Crippen molar-refractivity contribution in [3.05, 3.63) is 13.2 Å². The lowest BCUT2D eigenvalue weighted by atomic mass is 10.7. The molecule has 0 unspecified atom stereocenters. The maximum absolute atomic E-state index is 9.24. The highest BCUT2D eigenvalue weighted by atomic mass is 16.4. The van der Waals surface area contributed by atoms with Gasteiger partial charge in [0, 0.05) is 0 Å². The van der Waals surface area contributed by atoms with Gasteiger partial charge in [-0.3, -0.25) is 4.79 Å². The molecular weight excluding hydrogens is 110 g/mol. The van der Waals surface area contributed by atoms with E-state index in [2.05, 4.69) is 18.9 Å². The number of aliphatic carboxylic acids is 1. The van der Waals surface area contributed by atoms with Crippen molar-refractivity contribution < 1.29 is 15.4 Å². The number of hydrogen-bond donors (Lipinski definition) is 2. The van der Waals surface area contributed by atoms with Crippen LogP contribution in [-0.2, 0) is 4.79 Å². The summed E-state index contributed by atoms with van der Waals surface area (Å²) in [5, 5.41) is 7.60. The average molecular weight is 121 g/mol. The Morgan fingerprint density at radius 2 is 1.75 bits per heavy atom. The highest BCUT2D eigenvalue weighted by Crippen LogP contribution is 1.43. The zero-order valence-corrected chi connectivity index (χ0v) is 4.55. The van der Waals surface area contributed by atoms with Crippen LogP contribution >= 0.6 is 0 Å². The van der Waals surface area contributed by atoms with Crippen LogP contribution in [0.1, 0.15) is 0 Å². The van der Waals surface area contributed by atoms with Crippen LogP contribution in [0, 0.1) is 0 Å². The van der Waals surface area contributed by atoms with Crippen molar-refractivity contribution in [1.82, 2.24) is 0 Å². The van der Waals surface area contributed by atoms with Crippen LogP contribution in [0.3, 0.4) is 0 Å². The van der Waals surface area contributed by atoms with Gasteiger partial charge in [-0.05, 0) is 0 Å². The quantitative estimate of drug-likeness (QED) is 0.436. The molecule has 0 amide bonds. The van der Waals surface area contributed by atoms with Gasteiger partial charge in [0.1, 0.15) is 0 Å². The molecule has 0 saturated carbocycles. The lowest BCUT2D eigenvalue weighted by Gasteiger charge is -1.73. The van der Waals surface area contributed by atoms with Gasteiger partial charge in [-0.25, -0.2) is 0 Å². The molecule has 0 saturated heterocycles. The van der Waals surface area contributed by atoms with Crippen LogP contribution in [0.4, 0.5) is 0 Å². The molecule has 0 bridgehead atoms. The van der Waals surface area contributed by atoms with Gasteiger partial charge >= 0.3 is 5.97 Å². The third-order valence-corrected chi connectivity index (χ3v) is 0.175. The fraction of sp³-hybridized carbons (Fsp3) is 0.250. The van der Waals surface area contributed by atoms with E-state index >= 15 is 0 Å². The van der Waals surface area contributed by atoms with E-state index in [1.54, 1.807) is 0 Å². The van der Waals surface area contributed by atoms with Crippen LogP contribution in [0.25, 0.3) is 0 Å². The topological polar surface area (TPSA) is 94.8 Å². The molecule has 0 heterocycles. The Kier molecular flexibility index (Phi) is 32.3. The Labute approximate surface area is 47.9 Å². The SMILES string of the molecule is C=C.NCC(=O)O.O. The van der Waals surface area contributed by atoms with Gasteiger partial charge in [0.25, 0.3) is 0 Å². The van der Waals surface area contributed by atoms with Gasteiger partial charge in [0.15, 0.2) is 0 Å². The number of hydrogen-bond acceptors (Lipinski definition) is 2. The van der Waals surface area contributed by atoms with Crippen LogP contribution in [0.5, 0.6) is 0 Å². The summed E-state index contributed by atoms with van der Waals surface area (Å²) >= 11 is 0. The first-order valence-electron chi connectivity index (χ1n) is 1.69. The van der Waals surface area contributed by atoms with E-state index in [-0.39, 0.29) is 12.0 Å². The minimum absolute atomic E-state index is 0. The molecule has 0 aromatic carbocycles. The highest BCUT2D eigenvalue weighted by molar-refractivity contribution is 5.68. The molecule has 0 spiro atoms. The van der Waals surface area contributed by atoms with Gasteiger partial charge < -0.3 is 16.3 Å². The first-order valence-corrected chi connectivity index (χ1v) is 1.69. The summed E-state index contributed by atoms with van der Waals surface area (Å²) < 4.78 is 0. The Hall–Kier alpha value is -0.870. The molecule has 0 aromatic heterocycles. The molecule has 50 valence electrons. The van der Waals surface area contributed by atoms with Gasteiger partial charge in [-0.2, -0.15) is 0 Å². The maximum Gasteiger partial charge on any atom is 0.317 e. The molecule has 4 heteroatoms. The van der Waals surface area contributed by atoms with E-state index in [0.29, 0.717) is 0 Å². The normalized spacial score (nSPS) is 5.12. The van der Waals surface area contributed by atoms with E-state index in [1.165, 1.54) is 0 Å². The van der Waals surface area contributed by atoms with Crippen LogP contribution in [-0.4, -0.2) is 23.1 Å². The van der Waals surface area contributed by atoms with Crippen molar-refractivity contribution in [2.45, 2.75) is 0 Å². The van der Waals surface area contributed by atoms with Crippen LogP contribution in [0.2, 0.25) is 0 Å². The average Bonchev–Trinajstić information content (AvgIpc) is 1.73. The minimum atomic E-state index is -0.968. The van der Waals surface area contributed by atoms with E-state index in [0.717, 1.165) is 0 Å². The molecule has 0 aliphatic carbocycles. The van der Waals surface area contributed by atoms with Crippen molar-refractivity contribution in [3.63, 3.8) is 0 Å². The molecule has 5 N–H and O–H groups in total. The fourth-order valence-electron chi connectivity index (χ4n) is 0. The zero-order valence-electron chi connectivity index (χ0n) is 4.55. The number of carboxylic acids is 1. The summed E-state index contributed by atoms with van der Waals surface area (Å²) in [6, 6.07) is 0. The summed E-state index contributed by atoms with van der Waals surface area (Å²) in [6.45, 7) is 5.72. The monoisotopic (exact) mass is 121 g/mol. The lowest BCUT2D eigenvalue weighted by Crippen LogP contribution is -2.10. The van der Waals surface area contributed by atoms with Crippen molar-refractivity contribution in [2.24, 2.45) is 5.73 Å². The smallest absolute Gasteiger partial charge is 0.317 e. The molecule has 0 radical (unpaired) electrons. The molecule has 0 atom stereocenters. The van der Waals surface area contributed by atoms with Crippen molar-refractivity contribution in [3.8, 4) is 0 Å². The Bertz CT molecular complexity index is 55.2. The highest BCUT2D eigenvalue weighted by Gasteiger charge is 1.81. The second kappa shape index (κ2) is 16.5. The van der Waals surface area contributed by atoms with Gasteiger partial charge in [0.05, 0.1) is 6.54 Å². The molecule has 0 aromatic rings. The number of rotatable bonds is 1. The Morgan fingerprint density at radius 3 is 1.75 bits per heavy atom. The van der Waals surface area contributed by atoms with Crippen LogP contribution < -0.4 is 5.73 Å². The van der Waals surface area contributed by atoms with E-state index in [1.807, 2.05) is 0 Å².